The maximum absolute atomic E-state index is 4.42. The summed E-state index contributed by atoms with van der Waals surface area (Å²) in [7, 11) is 0. The number of hydrogen-bond donors (Lipinski definition) is 0. The lowest BCUT2D eigenvalue weighted by atomic mass is 10.1. The van der Waals surface area contributed by atoms with Crippen LogP contribution in [-0.2, 0) is 0 Å². The van der Waals surface area contributed by atoms with Gasteiger partial charge in [-0.25, -0.2) is 4.98 Å². The highest BCUT2D eigenvalue weighted by Gasteiger charge is 2.02. The van der Waals surface area contributed by atoms with E-state index in [1.807, 2.05) is 19.1 Å². The monoisotopic (exact) mass is 196 g/mol. The van der Waals surface area contributed by atoms with Crippen LogP contribution in [0.2, 0.25) is 0 Å². The minimum absolute atomic E-state index is 0.890. The van der Waals surface area contributed by atoms with Crippen LogP contribution in [0.4, 0.5) is 0 Å². The van der Waals surface area contributed by atoms with Crippen molar-refractivity contribution in [2.24, 2.45) is 0 Å². The zero-order valence-electron chi connectivity index (χ0n) is 8.70. The Morgan fingerprint density at radius 2 is 1.67 bits per heavy atom. The molecule has 1 aromatic heterocycles. The first kappa shape index (κ1) is 9.59. The van der Waals surface area contributed by atoms with Gasteiger partial charge in [0.2, 0.25) is 0 Å². The molecule has 0 atom stereocenters. The van der Waals surface area contributed by atoms with Gasteiger partial charge in [0.15, 0.2) is 0 Å². The fraction of sp³-hybridized carbons (Fsp3) is 0.0769. The molecule has 1 aromatic carbocycles. The van der Waals surface area contributed by atoms with Gasteiger partial charge >= 0.3 is 0 Å². The number of benzene rings is 1. The van der Waals surface area contributed by atoms with Gasteiger partial charge in [-0.2, -0.15) is 0 Å². The van der Waals surface area contributed by atoms with Crippen LogP contribution in [-0.4, -0.2) is 9.97 Å². The van der Waals surface area contributed by atoms with Crippen LogP contribution >= 0.6 is 0 Å². The molecule has 2 rings (SSSR count). The summed E-state index contributed by atoms with van der Waals surface area (Å²) in [5.41, 5.74) is 4.79. The molecule has 2 nitrogen and oxygen atoms in total. The first-order valence-electron chi connectivity index (χ1n) is 4.77. The van der Waals surface area contributed by atoms with Gasteiger partial charge in [-0.1, -0.05) is 25.3 Å². The van der Waals surface area contributed by atoms with Crippen molar-refractivity contribution in [3.63, 3.8) is 0 Å². The second kappa shape index (κ2) is 3.65. The molecule has 0 unspecified atom stereocenters. The molecule has 0 aliphatic rings. The molecule has 0 radical (unpaired) electrons. The van der Waals surface area contributed by atoms with Crippen molar-refractivity contribution in [1.82, 2.24) is 9.97 Å². The van der Waals surface area contributed by atoms with E-state index in [2.05, 4.69) is 23.1 Å². The minimum atomic E-state index is 0.890. The van der Waals surface area contributed by atoms with Crippen LogP contribution in [0.25, 0.3) is 23.2 Å². The predicted molar refractivity (Wildman–Crippen MR) is 64.5 cm³/mol. The Morgan fingerprint density at radius 1 is 1.07 bits per heavy atom. The van der Waals surface area contributed by atoms with Gasteiger partial charge in [0.1, 0.15) is 0 Å². The lowest BCUT2D eigenvalue weighted by molar-refractivity contribution is 1.18. The summed E-state index contributed by atoms with van der Waals surface area (Å²) in [6.45, 7) is 9.47. The number of aryl methyl sites for hydroxylation is 1. The second-order valence-corrected chi connectivity index (χ2v) is 3.39. The summed E-state index contributed by atoms with van der Waals surface area (Å²) in [4.78, 5) is 8.74. The quantitative estimate of drug-likeness (QED) is 0.737. The van der Waals surface area contributed by atoms with E-state index in [1.165, 1.54) is 0 Å². The summed E-state index contributed by atoms with van der Waals surface area (Å²) >= 11 is 0. The first-order chi connectivity index (χ1) is 7.24. The molecule has 0 aliphatic carbocycles. The highest BCUT2D eigenvalue weighted by Crippen LogP contribution is 2.19. The van der Waals surface area contributed by atoms with Gasteiger partial charge in [0.05, 0.1) is 16.7 Å². The van der Waals surface area contributed by atoms with Crippen molar-refractivity contribution in [2.45, 2.75) is 6.92 Å². The lowest BCUT2D eigenvalue weighted by Gasteiger charge is -2.03. The van der Waals surface area contributed by atoms with Crippen LogP contribution in [0.3, 0.4) is 0 Å². The molecule has 0 saturated heterocycles. The summed E-state index contributed by atoms with van der Waals surface area (Å²) in [6.07, 6.45) is 5.38. The van der Waals surface area contributed by atoms with E-state index in [0.29, 0.717) is 0 Å². The van der Waals surface area contributed by atoms with Crippen LogP contribution in [0.5, 0.6) is 0 Å². The zero-order chi connectivity index (χ0) is 10.8. The van der Waals surface area contributed by atoms with E-state index in [4.69, 9.17) is 0 Å². The van der Waals surface area contributed by atoms with E-state index >= 15 is 0 Å². The molecule has 0 fully saturated rings. The van der Waals surface area contributed by atoms with Crippen molar-refractivity contribution in [2.75, 3.05) is 0 Å². The van der Waals surface area contributed by atoms with Crippen LogP contribution < -0.4 is 0 Å². The fourth-order valence-electron chi connectivity index (χ4n) is 1.54. The smallest absolute Gasteiger partial charge is 0.0896 e. The molecule has 0 saturated carbocycles. The van der Waals surface area contributed by atoms with E-state index in [0.717, 1.165) is 27.9 Å². The van der Waals surface area contributed by atoms with Crippen molar-refractivity contribution < 1.29 is 0 Å². The Morgan fingerprint density at radius 3 is 2.27 bits per heavy atom. The van der Waals surface area contributed by atoms with E-state index < -0.39 is 0 Å². The summed E-state index contributed by atoms with van der Waals surface area (Å²) in [5.74, 6) is 0. The third kappa shape index (κ3) is 1.66. The van der Waals surface area contributed by atoms with Gasteiger partial charge in [-0.3, -0.25) is 4.98 Å². The van der Waals surface area contributed by atoms with Crippen molar-refractivity contribution in [1.29, 1.82) is 0 Å². The van der Waals surface area contributed by atoms with Crippen LogP contribution in [0, 0.1) is 6.92 Å². The maximum atomic E-state index is 4.42. The molecule has 2 heteroatoms. The Kier molecular flexibility index (Phi) is 2.34. The van der Waals surface area contributed by atoms with Gasteiger partial charge < -0.3 is 0 Å². The molecule has 0 aliphatic heterocycles. The van der Waals surface area contributed by atoms with Gasteiger partial charge in [-0.15, -0.1) is 0 Å². The third-order valence-corrected chi connectivity index (χ3v) is 2.31. The number of fused-ring (bicyclic) bond motifs is 1. The molecule has 0 bridgehead atoms. The Balaban J connectivity index is 2.80. The Hall–Kier alpha value is -1.96. The predicted octanol–water partition coefficient (Wildman–Crippen LogP) is 3.22. The number of rotatable bonds is 2. The first-order valence-corrected chi connectivity index (χ1v) is 4.77. The van der Waals surface area contributed by atoms with Crippen molar-refractivity contribution in [3.05, 3.63) is 48.3 Å². The van der Waals surface area contributed by atoms with Crippen LogP contribution in [0.1, 0.15) is 16.8 Å². The molecule has 15 heavy (non-hydrogen) atoms. The largest absolute Gasteiger partial charge is 0.253 e. The average molecular weight is 196 g/mol. The molecular formula is C13H12N2. The molecule has 0 amide bonds. The van der Waals surface area contributed by atoms with Gasteiger partial charge in [-0.05, 0) is 30.2 Å². The standard InChI is InChI=1S/C13H12N2/c1-4-10-6-12-13(7-11(10)5-2)15-9(3)8-14-12/h4-8H,1-2H2,3H3. The summed E-state index contributed by atoms with van der Waals surface area (Å²) in [5, 5.41) is 0. The Labute approximate surface area is 89.0 Å². The molecule has 1 heterocycles. The highest BCUT2D eigenvalue weighted by molar-refractivity contribution is 5.82. The Bertz CT molecular complexity index is 541. The molecule has 2 aromatic rings. The fourth-order valence-corrected chi connectivity index (χ4v) is 1.54. The van der Waals surface area contributed by atoms with Gasteiger partial charge in [0, 0.05) is 6.20 Å². The molecular weight excluding hydrogens is 184 g/mol. The minimum Gasteiger partial charge on any atom is -0.253 e. The van der Waals surface area contributed by atoms with Crippen LogP contribution in [0.15, 0.2) is 31.5 Å². The number of hydrogen-bond acceptors (Lipinski definition) is 2. The lowest BCUT2D eigenvalue weighted by Crippen LogP contribution is -1.90. The third-order valence-electron chi connectivity index (χ3n) is 2.31. The maximum Gasteiger partial charge on any atom is 0.0896 e. The number of nitrogens with zero attached hydrogens (tertiary/aromatic N) is 2. The second-order valence-electron chi connectivity index (χ2n) is 3.39. The zero-order valence-corrected chi connectivity index (χ0v) is 8.70. The number of aromatic nitrogens is 2. The van der Waals surface area contributed by atoms with Gasteiger partial charge in [0.25, 0.3) is 0 Å². The molecule has 0 spiro atoms. The van der Waals surface area contributed by atoms with Crippen molar-refractivity contribution >= 4 is 23.2 Å². The summed E-state index contributed by atoms with van der Waals surface area (Å²) < 4.78 is 0. The SMILES string of the molecule is C=Cc1cc2ncc(C)nc2cc1C=C. The highest BCUT2D eigenvalue weighted by atomic mass is 14.8. The normalized spacial score (nSPS) is 10.2. The van der Waals surface area contributed by atoms with E-state index in [-0.39, 0.29) is 0 Å². The topological polar surface area (TPSA) is 25.8 Å². The van der Waals surface area contributed by atoms with E-state index in [9.17, 15) is 0 Å². The summed E-state index contributed by atoms with van der Waals surface area (Å²) in [6, 6.07) is 3.96. The van der Waals surface area contributed by atoms with E-state index in [1.54, 1.807) is 18.3 Å². The molecule has 74 valence electrons. The average Bonchev–Trinajstić information content (AvgIpc) is 2.27. The molecule has 0 N–H and O–H groups in total. The van der Waals surface area contributed by atoms with Crippen molar-refractivity contribution in [3.8, 4) is 0 Å².